The summed E-state index contributed by atoms with van der Waals surface area (Å²) in [6.45, 7) is 2.17. The van der Waals surface area contributed by atoms with Gasteiger partial charge >= 0.3 is 0 Å². The normalized spacial score (nSPS) is 15.9. The van der Waals surface area contributed by atoms with Gasteiger partial charge in [-0.3, -0.25) is 0 Å². The molecule has 1 unspecified atom stereocenters. The van der Waals surface area contributed by atoms with Crippen molar-refractivity contribution in [2.75, 3.05) is 5.32 Å². The molecular formula is C18H17N5S. The summed E-state index contributed by atoms with van der Waals surface area (Å²) in [5, 5.41) is 6.67. The lowest BCUT2D eigenvalue weighted by atomic mass is 10.1. The fourth-order valence-electron chi connectivity index (χ4n) is 3.15. The predicted molar refractivity (Wildman–Crippen MR) is 97.5 cm³/mol. The molecular weight excluding hydrogens is 318 g/mol. The lowest BCUT2D eigenvalue weighted by molar-refractivity contribution is 0.764. The molecule has 120 valence electrons. The Hall–Kier alpha value is -2.47. The first-order chi connectivity index (χ1) is 11.8. The average Bonchev–Trinajstić information content (AvgIpc) is 3.17. The summed E-state index contributed by atoms with van der Waals surface area (Å²) < 4.78 is 2.31. The number of fused-ring (bicyclic) bond motifs is 2. The van der Waals surface area contributed by atoms with Gasteiger partial charge in [-0.1, -0.05) is 6.07 Å². The molecule has 1 atom stereocenters. The topological polar surface area (TPSA) is 55.6 Å². The van der Waals surface area contributed by atoms with Gasteiger partial charge in [0.2, 0.25) is 0 Å². The maximum absolute atomic E-state index is 4.52. The van der Waals surface area contributed by atoms with Gasteiger partial charge in [-0.15, -0.1) is 11.3 Å². The third kappa shape index (κ3) is 2.26. The molecule has 3 aromatic heterocycles. The SMILES string of the molecule is CC(Nc1ncnc2sccc12)c1ccc2ncn(C3CC3)c2c1. The van der Waals surface area contributed by atoms with Crippen LogP contribution in [0.3, 0.4) is 0 Å². The highest BCUT2D eigenvalue weighted by Gasteiger charge is 2.25. The van der Waals surface area contributed by atoms with Crippen LogP contribution in [-0.2, 0) is 0 Å². The molecule has 1 aliphatic rings. The van der Waals surface area contributed by atoms with Crippen LogP contribution in [0, 0.1) is 0 Å². The highest BCUT2D eigenvalue weighted by atomic mass is 32.1. The van der Waals surface area contributed by atoms with E-state index in [0.29, 0.717) is 6.04 Å². The van der Waals surface area contributed by atoms with Crippen LogP contribution in [0.5, 0.6) is 0 Å². The first kappa shape index (κ1) is 13.9. The number of nitrogens with one attached hydrogen (secondary N) is 1. The van der Waals surface area contributed by atoms with Gasteiger partial charge in [0.05, 0.1) is 28.8 Å². The second kappa shape index (κ2) is 5.27. The lowest BCUT2D eigenvalue weighted by Crippen LogP contribution is -2.08. The van der Waals surface area contributed by atoms with Crippen LogP contribution in [0.1, 0.15) is 37.4 Å². The van der Waals surface area contributed by atoms with Gasteiger partial charge in [0.1, 0.15) is 17.0 Å². The fraction of sp³-hybridized carbons (Fsp3) is 0.278. The van der Waals surface area contributed by atoms with E-state index in [0.717, 1.165) is 21.6 Å². The molecule has 0 amide bonds. The van der Waals surface area contributed by atoms with Crippen LogP contribution in [0.2, 0.25) is 0 Å². The van der Waals surface area contributed by atoms with Gasteiger partial charge in [0, 0.05) is 6.04 Å². The summed E-state index contributed by atoms with van der Waals surface area (Å²) in [4.78, 5) is 14.3. The first-order valence-corrected chi connectivity index (χ1v) is 9.09. The summed E-state index contributed by atoms with van der Waals surface area (Å²) in [6.07, 6.45) is 6.13. The monoisotopic (exact) mass is 335 g/mol. The van der Waals surface area contributed by atoms with Gasteiger partial charge in [-0.25, -0.2) is 15.0 Å². The Morgan fingerprint density at radius 1 is 1.21 bits per heavy atom. The number of rotatable bonds is 4. The number of hydrogen-bond donors (Lipinski definition) is 1. The van der Waals surface area contributed by atoms with Crippen molar-refractivity contribution in [3.05, 3.63) is 47.9 Å². The highest BCUT2D eigenvalue weighted by molar-refractivity contribution is 7.16. The Morgan fingerprint density at radius 3 is 3.00 bits per heavy atom. The maximum Gasteiger partial charge on any atom is 0.138 e. The number of imidazole rings is 1. The molecule has 1 aromatic carbocycles. The number of anilines is 1. The van der Waals surface area contributed by atoms with Crippen molar-refractivity contribution < 1.29 is 0 Å². The Balaban J connectivity index is 1.50. The standard InChI is InChI=1S/C18H17N5S/c1-11(22-17-14-6-7-24-18(14)20-9-19-17)12-2-5-15-16(8-12)23(10-21-15)13-3-4-13/h2,5-11,13H,3-4H2,1H3,(H,19,20,22). The van der Waals surface area contributed by atoms with Gasteiger partial charge in [-0.05, 0) is 48.9 Å². The Bertz CT molecular complexity index is 1030. The van der Waals surface area contributed by atoms with E-state index in [4.69, 9.17) is 0 Å². The van der Waals surface area contributed by atoms with Crippen molar-refractivity contribution in [3.63, 3.8) is 0 Å². The maximum atomic E-state index is 4.52. The average molecular weight is 335 g/mol. The molecule has 0 bridgehead atoms. The number of thiophene rings is 1. The molecule has 3 heterocycles. The van der Waals surface area contributed by atoms with Gasteiger partial charge < -0.3 is 9.88 Å². The first-order valence-electron chi connectivity index (χ1n) is 8.21. The Labute approximate surface area is 143 Å². The smallest absolute Gasteiger partial charge is 0.138 e. The van der Waals surface area contributed by atoms with E-state index in [1.165, 1.54) is 23.9 Å². The van der Waals surface area contributed by atoms with Gasteiger partial charge in [0.25, 0.3) is 0 Å². The second-order valence-electron chi connectivity index (χ2n) is 6.36. The summed E-state index contributed by atoms with van der Waals surface area (Å²) in [5.74, 6) is 0.893. The Morgan fingerprint density at radius 2 is 2.12 bits per heavy atom. The van der Waals surface area contributed by atoms with E-state index >= 15 is 0 Å². The van der Waals surface area contributed by atoms with Gasteiger partial charge in [0.15, 0.2) is 0 Å². The molecule has 0 radical (unpaired) electrons. The van der Waals surface area contributed by atoms with Crippen molar-refractivity contribution in [2.45, 2.75) is 31.8 Å². The second-order valence-corrected chi connectivity index (χ2v) is 7.25. The van der Waals surface area contributed by atoms with Crippen molar-refractivity contribution in [3.8, 4) is 0 Å². The molecule has 1 aliphatic carbocycles. The van der Waals surface area contributed by atoms with Crippen LogP contribution in [0.25, 0.3) is 21.3 Å². The van der Waals surface area contributed by atoms with Crippen LogP contribution >= 0.6 is 11.3 Å². The number of benzene rings is 1. The summed E-state index contributed by atoms with van der Waals surface area (Å²) in [6, 6.07) is 9.39. The quantitative estimate of drug-likeness (QED) is 0.594. The van der Waals surface area contributed by atoms with Crippen molar-refractivity contribution >= 4 is 38.4 Å². The zero-order valence-corrected chi connectivity index (χ0v) is 14.1. The molecule has 5 nitrogen and oxygen atoms in total. The summed E-state index contributed by atoms with van der Waals surface area (Å²) in [5.41, 5.74) is 3.54. The molecule has 1 fully saturated rings. The third-order valence-electron chi connectivity index (χ3n) is 4.65. The van der Waals surface area contributed by atoms with Gasteiger partial charge in [-0.2, -0.15) is 0 Å². The molecule has 6 heteroatoms. The Kier molecular flexibility index (Phi) is 3.06. The van der Waals surface area contributed by atoms with Crippen molar-refractivity contribution in [1.29, 1.82) is 0 Å². The van der Waals surface area contributed by atoms with Crippen LogP contribution in [0.4, 0.5) is 5.82 Å². The third-order valence-corrected chi connectivity index (χ3v) is 5.47. The van der Waals surface area contributed by atoms with E-state index < -0.39 is 0 Å². The molecule has 0 saturated heterocycles. The molecule has 0 aliphatic heterocycles. The molecule has 4 aromatic rings. The van der Waals surface area contributed by atoms with Crippen LogP contribution < -0.4 is 5.32 Å². The lowest BCUT2D eigenvalue weighted by Gasteiger charge is -2.16. The minimum atomic E-state index is 0.162. The molecule has 24 heavy (non-hydrogen) atoms. The summed E-state index contributed by atoms with van der Waals surface area (Å²) in [7, 11) is 0. The predicted octanol–water partition coefficient (Wildman–Crippen LogP) is 4.55. The van der Waals surface area contributed by atoms with E-state index in [9.17, 15) is 0 Å². The molecule has 0 spiro atoms. The number of hydrogen-bond acceptors (Lipinski definition) is 5. The minimum absolute atomic E-state index is 0.162. The van der Waals surface area contributed by atoms with E-state index in [-0.39, 0.29) is 6.04 Å². The zero-order chi connectivity index (χ0) is 16.1. The number of aromatic nitrogens is 4. The minimum Gasteiger partial charge on any atom is -0.363 e. The largest absolute Gasteiger partial charge is 0.363 e. The van der Waals surface area contributed by atoms with Crippen molar-refractivity contribution in [2.24, 2.45) is 0 Å². The zero-order valence-electron chi connectivity index (χ0n) is 13.3. The molecule has 1 saturated carbocycles. The molecule has 1 N–H and O–H groups in total. The highest BCUT2D eigenvalue weighted by Crippen LogP contribution is 2.37. The van der Waals surface area contributed by atoms with Crippen LogP contribution in [-0.4, -0.2) is 19.5 Å². The summed E-state index contributed by atoms with van der Waals surface area (Å²) >= 11 is 1.64. The van der Waals surface area contributed by atoms with E-state index in [1.54, 1.807) is 17.7 Å². The fourth-order valence-corrected chi connectivity index (χ4v) is 3.88. The number of nitrogens with zero attached hydrogens (tertiary/aromatic N) is 4. The van der Waals surface area contributed by atoms with E-state index in [2.05, 4.69) is 61.4 Å². The van der Waals surface area contributed by atoms with Crippen LogP contribution in [0.15, 0.2) is 42.3 Å². The van der Waals surface area contributed by atoms with E-state index in [1.807, 2.05) is 6.33 Å². The molecule has 5 rings (SSSR count). The van der Waals surface area contributed by atoms with Crippen molar-refractivity contribution in [1.82, 2.24) is 19.5 Å².